The van der Waals surface area contributed by atoms with Crippen molar-refractivity contribution in [3.05, 3.63) is 0 Å². The highest BCUT2D eigenvalue weighted by Gasteiger charge is 2.44. The van der Waals surface area contributed by atoms with Crippen LogP contribution in [0.4, 0.5) is 0 Å². The van der Waals surface area contributed by atoms with Gasteiger partial charge in [-0.2, -0.15) is 0 Å². The molecule has 1 saturated carbocycles. The van der Waals surface area contributed by atoms with Crippen LogP contribution in [0, 0.1) is 5.92 Å². The first-order chi connectivity index (χ1) is 8.70. The highest BCUT2D eigenvalue weighted by Crippen LogP contribution is 2.38. The van der Waals surface area contributed by atoms with Crippen LogP contribution in [-0.2, 0) is 0 Å². The summed E-state index contributed by atoms with van der Waals surface area (Å²) in [5.41, 5.74) is 0.419. The lowest BCUT2D eigenvalue weighted by Crippen LogP contribution is -2.67. The lowest BCUT2D eigenvalue weighted by molar-refractivity contribution is -0.0110. The van der Waals surface area contributed by atoms with E-state index in [2.05, 4.69) is 37.9 Å². The van der Waals surface area contributed by atoms with E-state index in [-0.39, 0.29) is 0 Å². The van der Waals surface area contributed by atoms with Crippen molar-refractivity contribution >= 4 is 0 Å². The van der Waals surface area contributed by atoms with Gasteiger partial charge in [-0.25, -0.2) is 0 Å². The largest absolute Gasteiger partial charge is 0.311 e. The summed E-state index contributed by atoms with van der Waals surface area (Å²) in [5, 5.41) is 3.87. The van der Waals surface area contributed by atoms with E-state index in [1.165, 1.54) is 51.6 Å². The number of hydrogen-bond acceptors (Lipinski definition) is 2. The molecule has 1 atom stereocenters. The van der Waals surface area contributed by atoms with Crippen LogP contribution in [-0.4, -0.2) is 35.6 Å². The normalized spacial score (nSPS) is 28.8. The molecule has 0 amide bonds. The molecule has 2 heteroatoms. The molecule has 18 heavy (non-hydrogen) atoms. The van der Waals surface area contributed by atoms with Gasteiger partial charge in [0.2, 0.25) is 0 Å². The predicted molar refractivity (Wildman–Crippen MR) is 78.9 cm³/mol. The quantitative estimate of drug-likeness (QED) is 0.779. The predicted octanol–water partition coefficient (Wildman–Crippen LogP) is 3.42. The second kappa shape index (κ2) is 5.92. The van der Waals surface area contributed by atoms with Crippen molar-refractivity contribution in [1.29, 1.82) is 0 Å². The third kappa shape index (κ3) is 2.60. The number of piperazine rings is 1. The Morgan fingerprint density at radius 3 is 2.17 bits per heavy atom. The van der Waals surface area contributed by atoms with E-state index in [0.29, 0.717) is 5.54 Å². The Balaban J connectivity index is 2.13. The Bertz CT molecular complexity index is 252. The SMILES string of the molecule is CCC(CC)N1CC(C2CC2)NCC1(CC)CC. The van der Waals surface area contributed by atoms with Gasteiger partial charge in [0.15, 0.2) is 0 Å². The fourth-order valence-electron chi connectivity index (χ4n) is 3.88. The third-order valence-corrected chi connectivity index (χ3v) is 5.59. The molecule has 0 aromatic rings. The monoisotopic (exact) mass is 252 g/mol. The molecule has 1 unspecified atom stereocenters. The maximum absolute atomic E-state index is 3.87. The van der Waals surface area contributed by atoms with Gasteiger partial charge in [-0.15, -0.1) is 0 Å². The van der Waals surface area contributed by atoms with Crippen molar-refractivity contribution in [2.24, 2.45) is 5.92 Å². The third-order valence-electron chi connectivity index (χ3n) is 5.59. The van der Waals surface area contributed by atoms with Gasteiger partial charge >= 0.3 is 0 Å². The lowest BCUT2D eigenvalue weighted by atomic mass is 9.84. The van der Waals surface area contributed by atoms with Crippen molar-refractivity contribution in [2.75, 3.05) is 13.1 Å². The van der Waals surface area contributed by atoms with Crippen molar-refractivity contribution < 1.29 is 0 Å². The summed E-state index contributed by atoms with van der Waals surface area (Å²) in [6.07, 6.45) is 8.08. The van der Waals surface area contributed by atoms with Gasteiger partial charge in [-0.3, -0.25) is 4.90 Å². The summed E-state index contributed by atoms with van der Waals surface area (Å²) in [7, 11) is 0. The fourth-order valence-corrected chi connectivity index (χ4v) is 3.88. The Morgan fingerprint density at radius 1 is 1.11 bits per heavy atom. The van der Waals surface area contributed by atoms with Gasteiger partial charge in [0.05, 0.1) is 0 Å². The van der Waals surface area contributed by atoms with E-state index in [4.69, 9.17) is 0 Å². The molecule has 106 valence electrons. The molecule has 1 saturated heterocycles. The molecule has 1 aliphatic heterocycles. The van der Waals surface area contributed by atoms with Gasteiger partial charge in [0, 0.05) is 30.7 Å². The minimum atomic E-state index is 0.419. The Labute approximate surface area is 114 Å². The Morgan fingerprint density at radius 2 is 1.72 bits per heavy atom. The molecule has 0 aromatic carbocycles. The van der Waals surface area contributed by atoms with E-state index in [0.717, 1.165) is 18.0 Å². The zero-order valence-electron chi connectivity index (χ0n) is 12.8. The van der Waals surface area contributed by atoms with Crippen LogP contribution in [0.3, 0.4) is 0 Å². The van der Waals surface area contributed by atoms with E-state index in [1.54, 1.807) is 0 Å². The van der Waals surface area contributed by atoms with Crippen LogP contribution < -0.4 is 5.32 Å². The highest BCUT2D eigenvalue weighted by atomic mass is 15.3. The standard InChI is InChI=1S/C16H32N2/c1-5-14(6-2)18-11-15(13-9-10-13)17-12-16(18,7-3)8-4/h13-15,17H,5-12H2,1-4H3. The molecular formula is C16H32N2. The van der Waals surface area contributed by atoms with Crippen LogP contribution in [0.2, 0.25) is 0 Å². The second-order valence-electron chi connectivity index (χ2n) is 6.38. The van der Waals surface area contributed by atoms with E-state index in [1.807, 2.05) is 0 Å². The smallest absolute Gasteiger partial charge is 0.0332 e. The maximum Gasteiger partial charge on any atom is 0.0332 e. The summed E-state index contributed by atoms with van der Waals surface area (Å²) >= 11 is 0. The maximum atomic E-state index is 3.87. The molecular weight excluding hydrogens is 220 g/mol. The van der Waals surface area contributed by atoms with Crippen LogP contribution in [0.1, 0.15) is 66.2 Å². The van der Waals surface area contributed by atoms with Gasteiger partial charge < -0.3 is 5.32 Å². The van der Waals surface area contributed by atoms with Crippen LogP contribution in [0.25, 0.3) is 0 Å². The highest BCUT2D eigenvalue weighted by molar-refractivity contribution is 5.03. The van der Waals surface area contributed by atoms with Crippen molar-refractivity contribution in [3.8, 4) is 0 Å². The fraction of sp³-hybridized carbons (Fsp3) is 1.00. The summed E-state index contributed by atoms with van der Waals surface area (Å²) in [6.45, 7) is 12.0. The zero-order chi connectivity index (χ0) is 13.2. The van der Waals surface area contributed by atoms with E-state index in [9.17, 15) is 0 Å². The average molecular weight is 252 g/mol. The molecule has 1 heterocycles. The van der Waals surface area contributed by atoms with Crippen LogP contribution >= 0.6 is 0 Å². The van der Waals surface area contributed by atoms with Crippen molar-refractivity contribution in [2.45, 2.75) is 83.8 Å². The van der Waals surface area contributed by atoms with Gasteiger partial charge in [0.1, 0.15) is 0 Å². The Kier molecular flexibility index (Phi) is 4.71. The second-order valence-corrected chi connectivity index (χ2v) is 6.38. The number of hydrogen-bond donors (Lipinski definition) is 1. The summed E-state index contributed by atoms with van der Waals surface area (Å²) < 4.78 is 0. The first-order valence-corrected chi connectivity index (χ1v) is 8.20. The van der Waals surface area contributed by atoms with Crippen LogP contribution in [0.5, 0.6) is 0 Å². The average Bonchev–Trinajstić information content (AvgIpc) is 3.25. The minimum absolute atomic E-state index is 0.419. The lowest BCUT2D eigenvalue weighted by Gasteiger charge is -2.53. The molecule has 0 bridgehead atoms. The van der Waals surface area contributed by atoms with E-state index < -0.39 is 0 Å². The molecule has 2 rings (SSSR count). The molecule has 0 aromatic heterocycles. The summed E-state index contributed by atoms with van der Waals surface area (Å²) in [5.74, 6) is 0.980. The van der Waals surface area contributed by atoms with Gasteiger partial charge in [-0.05, 0) is 44.4 Å². The molecule has 0 spiro atoms. The molecule has 1 aliphatic carbocycles. The minimum Gasteiger partial charge on any atom is -0.311 e. The molecule has 2 fully saturated rings. The van der Waals surface area contributed by atoms with Crippen molar-refractivity contribution in [1.82, 2.24) is 10.2 Å². The number of rotatable bonds is 6. The number of nitrogens with one attached hydrogen (secondary N) is 1. The molecule has 2 aliphatic rings. The molecule has 2 nitrogen and oxygen atoms in total. The summed E-state index contributed by atoms with van der Waals surface area (Å²) in [6, 6.07) is 1.56. The zero-order valence-corrected chi connectivity index (χ0v) is 12.8. The van der Waals surface area contributed by atoms with Crippen molar-refractivity contribution in [3.63, 3.8) is 0 Å². The molecule has 0 radical (unpaired) electrons. The van der Waals surface area contributed by atoms with Gasteiger partial charge in [0.25, 0.3) is 0 Å². The number of nitrogens with zero attached hydrogens (tertiary/aromatic N) is 1. The van der Waals surface area contributed by atoms with Crippen LogP contribution in [0.15, 0.2) is 0 Å². The summed E-state index contributed by atoms with van der Waals surface area (Å²) in [4.78, 5) is 2.88. The topological polar surface area (TPSA) is 15.3 Å². The first kappa shape index (κ1) is 14.3. The van der Waals surface area contributed by atoms with Gasteiger partial charge in [-0.1, -0.05) is 27.7 Å². The van der Waals surface area contributed by atoms with E-state index >= 15 is 0 Å². The first-order valence-electron chi connectivity index (χ1n) is 8.20. The molecule has 1 N–H and O–H groups in total. The Hall–Kier alpha value is -0.0800.